The number of morpholine rings is 4. The number of nitrogens with zero attached hydrogens (tertiary/aromatic N) is 8. The number of carbonyl (C=O) groups excluding carboxylic acids is 5. The molecule has 4 atom stereocenters. The molecule has 8 heterocycles. The van der Waals surface area contributed by atoms with Gasteiger partial charge < -0.3 is 75.2 Å². The van der Waals surface area contributed by atoms with Crippen LogP contribution in [0.1, 0.15) is 83.5 Å². The van der Waals surface area contributed by atoms with Crippen LogP contribution in [0.2, 0.25) is 40.2 Å². The Bertz CT molecular complexity index is 4470. The molecule has 26 nitrogen and oxygen atoms in total. The zero-order valence-corrected chi connectivity index (χ0v) is 68.8. The summed E-state index contributed by atoms with van der Waals surface area (Å²) in [5.74, 6) is -1.50. The number of nitrogens with one attached hydrogen (secondary N) is 4. The predicted octanol–water partition coefficient (Wildman–Crippen LogP) is 14.7. The summed E-state index contributed by atoms with van der Waals surface area (Å²) in [5.41, 5.74) is 8.66. The Morgan fingerprint density at radius 3 is 1.15 bits per heavy atom. The first-order valence-corrected chi connectivity index (χ1v) is 40.1. The first-order valence-electron chi connectivity index (χ1n) is 33.5. The zero-order valence-electron chi connectivity index (χ0n) is 59.5. The number of carbonyl (C=O) groups is 6. The molecular formula is C71H77Cl8N13O13S4. The van der Waals surface area contributed by atoms with Crippen LogP contribution in [0.3, 0.4) is 0 Å². The Kier molecular flexibility index (Phi) is 34.0. The van der Waals surface area contributed by atoms with Crippen LogP contribution in [-0.4, -0.2) is 216 Å². The number of carboxylic acids is 1. The van der Waals surface area contributed by atoms with Gasteiger partial charge in [0.2, 0.25) is 0 Å². The number of nitriles is 1. The number of ether oxygens (including phenoxy) is 6. The third-order valence-electron chi connectivity index (χ3n) is 15.2. The van der Waals surface area contributed by atoms with Gasteiger partial charge in [0.25, 0.3) is 17.7 Å². The number of halogens is 8. The number of nitrogens with two attached hydrogens (primary N) is 1. The molecule has 0 saturated carbocycles. The van der Waals surface area contributed by atoms with Gasteiger partial charge in [-0.05, 0) is 114 Å². The zero-order chi connectivity index (χ0) is 79.1. The maximum atomic E-state index is 12.9. The van der Waals surface area contributed by atoms with Crippen molar-refractivity contribution in [1.29, 1.82) is 5.26 Å². The molecule has 5 amide bonds. The molecule has 109 heavy (non-hydrogen) atoms. The predicted molar refractivity (Wildman–Crippen MR) is 428 cm³/mol. The third-order valence-corrected chi connectivity index (χ3v) is 20.9. The number of rotatable bonds is 15. The van der Waals surface area contributed by atoms with Crippen molar-refractivity contribution in [3.63, 3.8) is 0 Å². The van der Waals surface area contributed by atoms with E-state index in [1.54, 1.807) is 124 Å². The van der Waals surface area contributed by atoms with E-state index in [9.17, 15) is 28.8 Å². The highest BCUT2D eigenvalue weighted by Gasteiger charge is 2.31. The van der Waals surface area contributed by atoms with Gasteiger partial charge in [-0.3, -0.25) is 14.4 Å². The number of amides is 5. The summed E-state index contributed by atoms with van der Waals surface area (Å²) in [7, 11) is 0. The normalized spacial score (nSPS) is 17.0. The van der Waals surface area contributed by atoms with Crippen LogP contribution in [-0.2, 0) is 28.4 Å². The van der Waals surface area contributed by atoms with Gasteiger partial charge in [-0.15, -0.1) is 45.3 Å². The molecule has 4 aliphatic rings. The third kappa shape index (κ3) is 27.8. The maximum Gasteiger partial charge on any atom is 0.407 e. The van der Waals surface area contributed by atoms with Crippen LogP contribution >= 0.6 is 138 Å². The molecule has 8 aromatic rings. The monoisotopic (exact) mass is 1730 g/mol. The summed E-state index contributed by atoms with van der Waals surface area (Å²) in [5, 5.41) is 41.8. The van der Waals surface area contributed by atoms with E-state index < -0.39 is 29.4 Å². The summed E-state index contributed by atoms with van der Waals surface area (Å²) in [4.78, 5) is 94.3. The van der Waals surface area contributed by atoms with Gasteiger partial charge in [0.15, 0.2) is 11.9 Å². The molecule has 0 spiro atoms. The van der Waals surface area contributed by atoms with Gasteiger partial charge in [0.05, 0.1) is 77.5 Å². The first kappa shape index (κ1) is 87.8. The summed E-state index contributed by atoms with van der Waals surface area (Å²) in [6.45, 7) is 18.8. The number of alkyl carbamates (subject to hydrolysis) is 2. The van der Waals surface area contributed by atoms with E-state index >= 15 is 0 Å². The van der Waals surface area contributed by atoms with Gasteiger partial charge in [0.1, 0.15) is 48.3 Å². The van der Waals surface area contributed by atoms with E-state index in [-0.39, 0.29) is 54.4 Å². The molecule has 0 bridgehead atoms. The van der Waals surface area contributed by atoms with Crippen molar-refractivity contribution in [1.82, 2.24) is 55.9 Å². The smallest absolute Gasteiger partial charge is 0.407 e. The van der Waals surface area contributed by atoms with Crippen molar-refractivity contribution in [2.24, 2.45) is 5.73 Å². The van der Waals surface area contributed by atoms with Gasteiger partial charge in [0, 0.05) is 136 Å². The van der Waals surface area contributed by atoms with E-state index in [1.807, 2.05) is 27.0 Å². The standard InChI is InChI=1S/C20H23Cl2N3O4S.C16H14Cl2N4O2S.C15H15Cl2N3O2S.C10H5Cl2NO2S.C10H20N2O3/c1-20(2,3)29-19(27)23-9-13-10-25(6-7-28-13)18(26)16-11-30-17(24-16)14-5-4-12(21)8-15(14)22;17-10-1-2-12(13(18)5-10)15-21-14(8-25-15)16(23)22-3-4-24-11(7-22)6-20-9-19;16-9-1-2-11(12(17)5-9)14-19-13(8-23-14)15(21)20-3-4-22-10(6-18)7-20;11-5-1-2-6(7(12)3-5)9-13-8(4-16-9)10(14)15;1-10(2,3)15-9(13)12-7-8-6-11-4-5-14-8/h4-5,8,11,13H,6-7,9-10H2,1-3H3,(H,23,27);1-2,5,8,11,20H,3-4,6-7H2;1-2,5,8,10H,3-4,6-7,18H2;1-4H,(H,14,15);8,11H,4-7H2,1-3H3,(H,12,13)/t13-;11-;10-;;8-/m000.1/s1. The average molecular weight is 1730 g/mol. The van der Waals surface area contributed by atoms with Gasteiger partial charge >= 0.3 is 18.2 Å². The van der Waals surface area contributed by atoms with Crippen molar-refractivity contribution in [3.05, 3.63) is 157 Å². The number of aromatic nitrogens is 4. The summed E-state index contributed by atoms with van der Waals surface area (Å²) >= 11 is 53.5. The Morgan fingerprint density at radius 2 is 0.835 bits per heavy atom. The Labute approximate surface area is 685 Å². The lowest BCUT2D eigenvalue weighted by Crippen LogP contribution is -2.50. The van der Waals surface area contributed by atoms with Crippen LogP contribution in [0, 0.1) is 11.5 Å². The van der Waals surface area contributed by atoms with Gasteiger partial charge in [-0.1, -0.05) is 92.8 Å². The van der Waals surface area contributed by atoms with E-state index in [1.165, 1.54) is 50.7 Å². The van der Waals surface area contributed by atoms with Crippen molar-refractivity contribution in [3.8, 4) is 48.5 Å². The Hall–Kier alpha value is -6.81. The lowest BCUT2D eigenvalue weighted by Gasteiger charge is -2.32. The van der Waals surface area contributed by atoms with Gasteiger partial charge in [-0.25, -0.2) is 34.3 Å². The van der Waals surface area contributed by atoms with E-state index in [0.717, 1.165) is 29.8 Å². The molecular weight excluding hydrogens is 1650 g/mol. The summed E-state index contributed by atoms with van der Waals surface area (Å²) < 4.78 is 32.4. The van der Waals surface area contributed by atoms with Crippen molar-refractivity contribution in [2.45, 2.75) is 77.2 Å². The molecule has 4 aliphatic heterocycles. The second kappa shape index (κ2) is 42.2. The summed E-state index contributed by atoms with van der Waals surface area (Å²) in [6, 6.07) is 20.5. The van der Waals surface area contributed by atoms with Crippen LogP contribution in [0.15, 0.2) is 94.3 Å². The topological polar surface area (TPSA) is 337 Å². The number of benzene rings is 4. The van der Waals surface area contributed by atoms with Crippen molar-refractivity contribution >= 4 is 174 Å². The number of thiazole rings is 4. The number of hydrogen-bond donors (Lipinski definition) is 6. The molecule has 4 aromatic carbocycles. The minimum atomic E-state index is -1.05. The molecule has 0 aliphatic carbocycles. The van der Waals surface area contributed by atoms with E-state index in [2.05, 4.69) is 41.2 Å². The van der Waals surface area contributed by atoms with Crippen LogP contribution in [0.4, 0.5) is 9.59 Å². The number of hydrogen-bond acceptors (Lipinski definition) is 24. The van der Waals surface area contributed by atoms with Crippen LogP contribution in [0.25, 0.3) is 42.3 Å². The SMILES string of the molecule is CC(C)(C)OC(=O)NC[C@H]1CN(C(=O)c2csc(-c3ccc(Cl)cc3Cl)n2)CCO1.CC(C)(C)OC(=O)NC[C@H]1CNCCO1.N#CNC[C@H]1CN(C(=O)c2csc(-c3ccc(Cl)cc3Cl)n2)CCO1.NC[C@H]1CN(C(=O)c2csc(-c3ccc(Cl)cc3Cl)n2)CCO1.O=C(O)c1csc(-c2ccc(Cl)cc2Cl)n1. The van der Waals surface area contributed by atoms with Gasteiger partial charge in [-0.2, -0.15) is 5.26 Å². The molecule has 12 rings (SSSR count). The highest BCUT2D eigenvalue weighted by molar-refractivity contribution is 7.14. The number of aromatic carboxylic acids is 1. The second-order valence-corrected chi connectivity index (χ2v) is 32.7. The molecule has 7 N–H and O–H groups in total. The Balaban J connectivity index is 0.000000175. The maximum absolute atomic E-state index is 12.9. The van der Waals surface area contributed by atoms with Crippen LogP contribution < -0.4 is 27.0 Å². The van der Waals surface area contributed by atoms with Crippen LogP contribution in [0.5, 0.6) is 0 Å². The quantitative estimate of drug-likeness (QED) is 0.0410. The second-order valence-electron chi connectivity index (χ2n) is 25.9. The molecule has 4 fully saturated rings. The van der Waals surface area contributed by atoms with Crippen molar-refractivity contribution < 1.29 is 62.3 Å². The fraction of sp³-hybridized carbons (Fsp3) is 0.394. The number of carboxylic acid groups (broad SMARTS) is 1. The molecule has 0 unspecified atom stereocenters. The average Bonchev–Trinajstić information content (AvgIpc) is 1.70. The first-order chi connectivity index (χ1) is 51.8. The molecule has 4 aromatic heterocycles. The van der Waals surface area contributed by atoms with E-state index in [0.29, 0.717) is 168 Å². The lowest BCUT2D eigenvalue weighted by atomic mass is 10.2. The molecule has 584 valence electrons. The highest BCUT2D eigenvalue weighted by Crippen LogP contribution is 2.37. The molecule has 38 heteroatoms. The highest BCUT2D eigenvalue weighted by atomic mass is 35.5. The van der Waals surface area contributed by atoms with E-state index in [4.69, 9.17) is 137 Å². The molecule has 0 radical (unpaired) electrons. The summed E-state index contributed by atoms with van der Waals surface area (Å²) in [6.07, 6.45) is 0.354. The fourth-order valence-corrected chi connectivity index (χ4v) is 15.7. The minimum absolute atomic E-state index is 0.0195. The largest absolute Gasteiger partial charge is 0.476 e. The fourth-order valence-electron chi connectivity index (χ4n) is 10.2. The lowest BCUT2D eigenvalue weighted by molar-refractivity contribution is -0.0220. The molecule has 4 saturated heterocycles. The minimum Gasteiger partial charge on any atom is -0.476 e. The Morgan fingerprint density at radius 1 is 0.514 bits per heavy atom. The van der Waals surface area contributed by atoms with Crippen molar-refractivity contribution in [2.75, 3.05) is 105 Å².